The number of nitrogens with one attached hydrogen (secondary N) is 3. The van der Waals surface area contributed by atoms with Crippen molar-refractivity contribution >= 4 is 5.91 Å². The van der Waals surface area contributed by atoms with Gasteiger partial charge in [0.2, 0.25) is 5.91 Å². The molecule has 6 nitrogen and oxygen atoms in total. The number of H-pyrrole nitrogens is 1. The van der Waals surface area contributed by atoms with Gasteiger partial charge in [0.15, 0.2) is 0 Å². The number of hydrogen-bond acceptors (Lipinski definition) is 4. The lowest BCUT2D eigenvalue weighted by atomic mass is 9.85. The first kappa shape index (κ1) is 12.6. The average Bonchev–Trinajstić information content (AvgIpc) is 3.07. The van der Waals surface area contributed by atoms with Gasteiger partial charge in [0, 0.05) is 19.0 Å². The van der Waals surface area contributed by atoms with E-state index < -0.39 is 0 Å². The Labute approximate surface area is 112 Å². The Morgan fingerprint density at radius 1 is 1.42 bits per heavy atom. The van der Waals surface area contributed by atoms with Gasteiger partial charge in [-0.05, 0) is 25.2 Å². The van der Waals surface area contributed by atoms with Crippen molar-refractivity contribution < 1.29 is 4.79 Å². The molecule has 104 valence electrons. The zero-order chi connectivity index (χ0) is 13.1. The van der Waals surface area contributed by atoms with Gasteiger partial charge >= 0.3 is 0 Å². The van der Waals surface area contributed by atoms with Gasteiger partial charge in [-0.25, -0.2) is 4.98 Å². The van der Waals surface area contributed by atoms with Crippen LogP contribution in [0.2, 0.25) is 0 Å². The molecule has 1 aromatic heterocycles. The van der Waals surface area contributed by atoms with E-state index in [-0.39, 0.29) is 11.9 Å². The third-order valence-electron chi connectivity index (χ3n) is 4.31. The molecule has 0 radical (unpaired) electrons. The number of rotatable bonds is 4. The van der Waals surface area contributed by atoms with Crippen molar-refractivity contribution in [1.82, 2.24) is 25.8 Å². The van der Waals surface area contributed by atoms with E-state index in [4.69, 9.17) is 0 Å². The van der Waals surface area contributed by atoms with Crippen LogP contribution in [0.5, 0.6) is 0 Å². The molecule has 3 N–H and O–H groups in total. The van der Waals surface area contributed by atoms with Crippen molar-refractivity contribution in [1.29, 1.82) is 0 Å². The summed E-state index contributed by atoms with van der Waals surface area (Å²) in [7, 11) is 0. The summed E-state index contributed by atoms with van der Waals surface area (Å²) in [6.07, 6.45) is 8.31. The fraction of sp³-hybridized carbons (Fsp3) is 0.769. The molecule has 2 heterocycles. The third-order valence-corrected chi connectivity index (χ3v) is 4.31. The van der Waals surface area contributed by atoms with Gasteiger partial charge in [-0.15, -0.1) is 0 Å². The molecular formula is C13H21N5O. The van der Waals surface area contributed by atoms with Crippen molar-refractivity contribution in [3.05, 3.63) is 12.2 Å². The second-order valence-electron chi connectivity index (χ2n) is 5.58. The second kappa shape index (κ2) is 5.69. The number of fused-ring (bicyclic) bond motifs is 1. The summed E-state index contributed by atoms with van der Waals surface area (Å²) >= 11 is 0. The quantitative estimate of drug-likeness (QED) is 0.733. The lowest BCUT2D eigenvalue weighted by molar-refractivity contribution is -0.122. The fourth-order valence-electron chi connectivity index (χ4n) is 3.30. The van der Waals surface area contributed by atoms with E-state index >= 15 is 0 Å². The van der Waals surface area contributed by atoms with Crippen LogP contribution in [0.1, 0.15) is 37.9 Å². The fourth-order valence-corrected chi connectivity index (χ4v) is 3.30. The van der Waals surface area contributed by atoms with Crippen LogP contribution in [0.15, 0.2) is 6.33 Å². The minimum Gasteiger partial charge on any atom is -0.354 e. The molecule has 0 bridgehead atoms. The summed E-state index contributed by atoms with van der Waals surface area (Å²) in [5.74, 6) is 1.65. The van der Waals surface area contributed by atoms with Gasteiger partial charge in [-0.3, -0.25) is 9.89 Å². The third kappa shape index (κ3) is 2.94. The van der Waals surface area contributed by atoms with Crippen LogP contribution in [-0.4, -0.2) is 39.7 Å². The zero-order valence-electron chi connectivity index (χ0n) is 11.1. The molecule has 2 fully saturated rings. The molecule has 1 aliphatic heterocycles. The molecule has 1 amide bonds. The molecule has 1 saturated heterocycles. The van der Waals surface area contributed by atoms with E-state index in [9.17, 15) is 4.79 Å². The molecule has 6 heteroatoms. The number of amides is 1. The number of aromatic amines is 1. The van der Waals surface area contributed by atoms with E-state index in [0.717, 1.165) is 12.2 Å². The smallest absolute Gasteiger partial charge is 0.237 e. The van der Waals surface area contributed by atoms with Gasteiger partial charge in [0.1, 0.15) is 12.2 Å². The Morgan fingerprint density at radius 2 is 2.32 bits per heavy atom. The van der Waals surface area contributed by atoms with Crippen molar-refractivity contribution in [2.24, 2.45) is 5.92 Å². The van der Waals surface area contributed by atoms with E-state index in [2.05, 4.69) is 25.8 Å². The molecular weight excluding hydrogens is 242 g/mol. The zero-order valence-corrected chi connectivity index (χ0v) is 11.1. The lowest BCUT2D eigenvalue weighted by Gasteiger charge is -2.24. The number of carbonyl (C=O) groups is 1. The van der Waals surface area contributed by atoms with Crippen LogP contribution >= 0.6 is 0 Å². The van der Waals surface area contributed by atoms with Crippen LogP contribution in [0, 0.1) is 5.92 Å². The van der Waals surface area contributed by atoms with Crippen molar-refractivity contribution in [2.45, 2.75) is 50.6 Å². The van der Waals surface area contributed by atoms with Gasteiger partial charge in [0.05, 0.1) is 6.04 Å². The largest absolute Gasteiger partial charge is 0.354 e. The van der Waals surface area contributed by atoms with Crippen LogP contribution in [0.25, 0.3) is 0 Å². The normalized spacial score (nSPS) is 30.0. The highest BCUT2D eigenvalue weighted by atomic mass is 16.2. The van der Waals surface area contributed by atoms with Crippen molar-refractivity contribution in [3.8, 4) is 0 Å². The first-order chi connectivity index (χ1) is 9.33. The second-order valence-corrected chi connectivity index (χ2v) is 5.58. The summed E-state index contributed by atoms with van der Waals surface area (Å²) in [4.78, 5) is 16.1. The Morgan fingerprint density at radius 3 is 3.11 bits per heavy atom. The summed E-state index contributed by atoms with van der Waals surface area (Å²) in [5.41, 5.74) is 0. The molecule has 3 atom stereocenters. The van der Waals surface area contributed by atoms with Gasteiger partial charge < -0.3 is 10.6 Å². The maximum absolute atomic E-state index is 12.1. The molecule has 3 unspecified atom stereocenters. The molecule has 0 spiro atoms. The van der Waals surface area contributed by atoms with Gasteiger partial charge in [0.25, 0.3) is 0 Å². The molecule has 2 aliphatic rings. The van der Waals surface area contributed by atoms with Crippen LogP contribution in [-0.2, 0) is 11.2 Å². The number of nitrogens with zero attached hydrogens (tertiary/aromatic N) is 2. The standard InChI is InChI=1S/C13H21N5O/c19-13(14-6-5-12-15-8-16-18-12)11-7-9-3-1-2-4-10(9)17-11/h8-11,17H,1-7H2,(H,14,19)(H,15,16,18). The number of hydrogen-bond donors (Lipinski definition) is 3. The van der Waals surface area contributed by atoms with E-state index in [0.29, 0.717) is 24.9 Å². The molecule has 1 aliphatic carbocycles. The van der Waals surface area contributed by atoms with Gasteiger partial charge in [-0.1, -0.05) is 12.8 Å². The maximum Gasteiger partial charge on any atom is 0.237 e. The molecule has 0 aromatic carbocycles. The summed E-state index contributed by atoms with van der Waals surface area (Å²) in [6.45, 7) is 0.613. The van der Waals surface area contributed by atoms with E-state index in [1.807, 2.05) is 0 Å². The maximum atomic E-state index is 12.1. The monoisotopic (exact) mass is 263 g/mol. The Kier molecular flexibility index (Phi) is 3.77. The van der Waals surface area contributed by atoms with Crippen LogP contribution in [0.4, 0.5) is 0 Å². The topological polar surface area (TPSA) is 82.7 Å². The van der Waals surface area contributed by atoms with E-state index in [1.54, 1.807) is 0 Å². The molecule has 1 aromatic rings. The minimum absolute atomic E-state index is 0.00262. The first-order valence-corrected chi connectivity index (χ1v) is 7.21. The predicted octanol–water partition coefficient (Wildman–Crippen LogP) is 0.384. The predicted molar refractivity (Wildman–Crippen MR) is 70.4 cm³/mol. The summed E-state index contributed by atoms with van der Waals surface area (Å²) < 4.78 is 0. The Balaban J connectivity index is 1.43. The SMILES string of the molecule is O=C(NCCc1ncn[nH]1)C1CC2CCCCC2N1. The first-order valence-electron chi connectivity index (χ1n) is 7.21. The number of carbonyl (C=O) groups excluding carboxylic acids is 1. The number of aromatic nitrogens is 3. The average molecular weight is 263 g/mol. The highest BCUT2D eigenvalue weighted by Crippen LogP contribution is 2.33. The highest BCUT2D eigenvalue weighted by Gasteiger charge is 2.37. The Hall–Kier alpha value is -1.43. The highest BCUT2D eigenvalue weighted by molar-refractivity contribution is 5.82. The van der Waals surface area contributed by atoms with Crippen molar-refractivity contribution in [3.63, 3.8) is 0 Å². The van der Waals surface area contributed by atoms with E-state index in [1.165, 1.54) is 32.0 Å². The van der Waals surface area contributed by atoms with Crippen LogP contribution < -0.4 is 10.6 Å². The Bertz CT molecular complexity index is 405. The molecule has 3 rings (SSSR count). The van der Waals surface area contributed by atoms with Crippen molar-refractivity contribution in [2.75, 3.05) is 6.54 Å². The lowest BCUT2D eigenvalue weighted by Crippen LogP contribution is -2.43. The van der Waals surface area contributed by atoms with Crippen LogP contribution in [0.3, 0.4) is 0 Å². The molecule has 19 heavy (non-hydrogen) atoms. The molecule has 1 saturated carbocycles. The minimum atomic E-state index is 0.00262. The summed E-state index contributed by atoms with van der Waals surface area (Å²) in [5, 5.41) is 13.1. The van der Waals surface area contributed by atoms with Gasteiger partial charge in [-0.2, -0.15) is 5.10 Å². The summed E-state index contributed by atoms with van der Waals surface area (Å²) in [6, 6.07) is 0.571.